The molecular formula is C17H22O3. The molecule has 1 aromatic rings. The van der Waals surface area contributed by atoms with Crippen LogP contribution in [0.5, 0.6) is 5.75 Å². The van der Waals surface area contributed by atoms with Crippen LogP contribution >= 0.6 is 0 Å². The van der Waals surface area contributed by atoms with Gasteiger partial charge in [-0.1, -0.05) is 44.2 Å². The molecule has 3 nitrogen and oxygen atoms in total. The molecule has 0 aliphatic heterocycles. The molecule has 0 atom stereocenters. The predicted molar refractivity (Wildman–Crippen MR) is 83.0 cm³/mol. The second kappa shape index (κ2) is 8.10. The Hall–Kier alpha value is -2.16. The van der Waals surface area contributed by atoms with Gasteiger partial charge >= 0.3 is 0 Å². The van der Waals surface area contributed by atoms with E-state index in [1.165, 1.54) is 0 Å². The van der Waals surface area contributed by atoms with E-state index in [1.807, 2.05) is 43.3 Å². The average molecular weight is 274 g/mol. The van der Waals surface area contributed by atoms with Gasteiger partial charge in [-0.3, -0.25) is 0 Å². The van der Waals surface area contributed by atoms with Gasteiger partial charge in [0.2, 0.25) is 0 Å². The number of allylic oxidation sites excluding steroid dienone is 3. The molecule has 0 saturated carbocycles. The van der Waals surface area contributed by atoms with E-state index in [9.17, 15) is 10.2 Å². The van der Waals surface area contributed by atoms with Crippen LogP contribution in [0.3, 0.4) is 0 Å². The third kappa shape index (κ3) is 4.50. The maximum Gasteiger partial charge on any atom is 0.160 e. The van der Waals surface area contributed by atoms with Crippen LogP contribution in [-0.2, 0) is 0 Å². The predicted octanol–water partition coefficient (Wildman–Crippen LogP) is 4.78. The minimum absolute atomic E-state index is 0.00378. The van der Waals surface area contributed by atoms with Gasteiger partial charge in [0.15, 0.2) is 5.76 Å². The van der Waals surface area contributed by atoms with Crippen molar-refractivity contribution in [2.24, 2.45) is 0 Å². The number of aliphatic hydroxyl groups is 2. The molecule has 0 radical (unpaired) electrons. The molecule has 108 valence electrons. The van der Waals surface area contributed by atoms with E-state index < -0.39 is 0 Å². The molecule has 1 aromatic carbocycles. The smallest absolute Gasteiger partial charge is 0.160 e. The summed E-state index contributed by atoms with van der Waals surface area (Å²) in [4.78, 5) is 0. The van der Waals surface area contributed by atoms with E-state index in [4.69, 9.17) is 4.74 Å². The summed E-state index contributed by atoms with van der Waals surface area (Å²) >= 11 is 0. The van der Waals surface area contributed by atoms with Crippen LogP contribution in [0.4, 0.5) is 0 Å². The molecule has 2 N–H and O–H groups in total. The van der Waals surface area contributed by atoms with E-state index in [2.05, 4.69) is 0 Å². The number of benzene rings is 1. The lowest BCUT2D eigenvalue weighted by molar-refractivity contribution is 0.323. The van der Waals surface area contributed by atoms with Crippen molar-refractivity contribution < 1.29 is 14.9 Å². The Bertz CT molecular complexity index is 508. The third-order valence-corrected chi connectivity index (χ3v) is 2.88. The van der Waals surface area contributed by atoms with Gasteiger partial charge in [0.25, 0.3) is 0 Å². The standard InChI is InChI=1S/C17H22O3/c1-4-6-14(17(19)16(18)5-2)10-7-13-8-11-15(20-3)12-9-13/h6-12,18-19H,4-5H2,1-3H3/b10-7+,14-6-,17-16-. The molecule has 0 aliphatic rings. The zero-order valence-electron chi connectivity index (χ0n) is 12.3. The van der Waals surface area contributed by atoms with Crippen LogP contribution in [0.2, 0.25) is 0 Å². The van der Waals surface area contributed by atoms with Crippen molar-refractivity contribution in [3.8, 4) is 5.75 Å². The van der Waals surface area contributed by atoms with Crippen LogP contribution in [0, 0.1) is 0 Å². The number of methoxy groups -OCH3 is 1. The largest absolute Gasteiger partial charge is 0.508 e. The molecule has 0 amide bonds. The topological polar surface area (TPSA) is 49.7 Å². The second-order valence-electron chi connectivity index (χ2n) is 4.32. The van der Waals surface area contributed by atoms with Crippen molar-refractivity contribution in [1.82, 2.24) is 0 Å². The van der Waals surface area contributed by atoms with Gasteiger partial charge in [-0.2, -0.15) is 0 Å². The molecule has 1 rings (SSSR count). The van der Waals surface area contributed by atoms with Gasteiger partial charge < -0.3 is 14.9 Å². The Morgan fingerprint density at radius 3 is 2.30 bits per heavy atom. The summed E-state index contributed by atoms with van der Waals surface area (Å²) in [6.45, 7) is 3.78. The van der Waals surface area contributed by atoms with Gasteiger partial charge in [0.1, 0.15) is 11.5 Å². The van der Waals surface area contributed by atoms with Crippen molar-refractivity contribution >= 4 is 6.08 Å². The molecule has 0 aliphatic carbocycles. The first-order valence-electron chi connectivity index (χ1n) is 6.76. The lowest BCUT2D eigenvalue weighted by Crippen LogP contribution is -1.92. The minimum atomic E-state index is -0.0564. The van der Waals surface area contributed by atoms with Gasteiger partial charge in [0, 0.05) is 12.0 Å². The van der Waals surface area contributed by atoms with Gasteiger partial charge in [-0.05, 0) is 24.1 Å². The number of hydrogen-bond acceptors (Lipinski definition) is 3. The summed E-state index contributed by atoms with van der Waals surface area (Å²) in [6, 6.07) is 7.61. The van der Waals surface area contributed by atoms with E-state index in [-0.39, 0.29) is 11.5 Å². The van der Waals surface area contributed by atoms with E-state index in [0.29, 0.717) is 12.0 Å². The highest BCUT2D eigenvalue weighted by atomic mass is 16.5. The number of hydrogen-bond donors (Lipinski definition) is 2. The van der Waals surface area contributed by atoms with Crippen LogP contribution in [0.25, 0.3) is 6.08 Å². The number of aliphatic hydroxyl groups excluding tert-OH is 2. The Balaban J connectivity index is 2.95. The monoisotopic (exact) mass is 274 g/mol. The summed E-state index contributed by atoms with van der Waals surface area (Å²) in [7, 11) is 1.63. The van der Waals surface area contributed by atoms with Crippen LogP contribution in [-0.4, -0.2) is 17.3 Å². The summed E-state index contributed by atoms with van der Waals surface area (Å²) < 4.78 is 5.10. The first-order valence-corrected chi connectivity index (χ1v) is 6.76. The average Bonchev–Trinajstić information content (AvgIpc) is 2.50. The molecule has 0 heterocycles. The zero-order chi connectivity index (χ0) is 15.0. The highest BCUT2D eigenvalue weighted by Crippen LogP contribution is 2.18. The first kappa shape index (κ1) is 15.9. The Labute approximate surface area is 120 Å². The Kier molecular flexibility index (Phi) is 6.44. The van der Waals surface area contributed by atoms with Crippen molar-refractivity contribution in [3.05, 3.63) is 59.1 Å². The molecule has 3 heteroatoms. The molecule has 0 fully saturated rings. The van der Waals surface area contributed by atoms with Gasteiger partial charge in [-0.15, -0.1) is 0 Å². The van der Waals surface area contributed by atoms with Gasteiger partial charge in [-0.25, -0.2) is 0 Å². The molecule has 0 spiro atoms. The summed E-state index contributed by atoms with van der Waals surface area (Å²) in [5.41, 5.74) is 1.62. The van der Waals surface area contributed by atoms with Crippen molar-refractivity contribution in [2.45, 2.75) is 26.7 Å². The second-order valence-corrected chi connectivity index (χ2v) is 4.32. The van der Waals surface area contributed by atoms with Crippen LogP contribution in [0.15, 0.2) is 53.5 Å². The maximum atomic E-state index is 9.96. The number of rotatable bonds is 6. The fourth-order valence-corrected chi connectivity index (χ4v) is 1.70. The molecular weight excluding hydrogens is 252 g/mol. The lowest BCUT2D eigenvalue weighted by Gasteiger charge is -2.05. The third-order valence-electron chi connectivity index (χ3n) is 2.88. The molecule has 0 bridgehead atoms. The zero-order valence-corrected chi connectivity index (χ0v) is 12.3. The summed E-state index contributed by atoms with van der Waals surface area (Å²) in [5, 5.41) is 19.6. The first-order chi connectivity index (χ1) is 9.62. The van der Waals surface area contributed by atoms with Gasteiger partial charge in [0.05, 0.1) is 7.11 Å². The fourth-order valence-electron chi connectivity index (χ4n) is 1.70. The van der Waals surface area contributed by atoms with Crippen molar-refractivity contribution in [3.63, 3.8) is 0 Å². The SMILES string of the molecule is CC/C=C(/C=C/c1ccc(OC)cc1)C(\O)=C(\O)CC. The fraction of sp³-hybridized carbons (Fsp3) is 0.294. The lowest BCUT2D eigenvalue weighted by atomic mass is 10.1. The number of ether oxygens (including phenoxy) is 1. The van der Waals surface area contributed by atoms with E-state index in [1.54, 1.807) is 20.1 Å². The summed E-state index contributed by atoms with van der Waals surface area (Å²) in [6.07, 6.45) is 6.75. The Morgan fingerprint density at radius 1 is 1.15 bits per heavy atom. The van der Waals surface area contributed by atoms with Crippen LogP contribution < -0.4 is 4.74 Å². The van der Waals surface area contributed by atoms with Crippen LogP contribution in [0.1, 0.15) is 32.3 Å². The minimum Gasteiger partial charge on any atom is -0.508 e. The maximum absolute atomic E-state index is 9.96. The summed E-state index contributed by atoms with van der Waals surface area (Å²) in [5.74, 6) is 0.751. The van der Waals surface area contributed by atoms with Crippen molar-refractivity contribution in [1.29, 1.82) is 0 Å². The highest BCUT2D eigenvalue weighted by Gasteiger charge is 2.05. The normalized spacial score (nSPS) is 13.4. The van der Waals surface area contributed by atoms with Crippen molar-refractivity contribution in [2.75, 3.05) is 7.11 Å². The van der Waals surface area contributed by atoms with E-state index >= 15 is 0 Å². The molecule has 0 saturated heterocycles. The highest BCUT2D eigenvalue weighted by molar-refractivity contribution is 5.56. The Morgan fingerprint density at radius 2 is 1.80 bits per heavy atom. The van der Waals surface area contributed by atoms with E-state index in [0.717, 1.165) is 17.7 Å². The molecule has 0 unspecified atom stereocenters. The quantitative estimate of drug-likeness (QED) is 0.579. The molecule has 0 aromatic heterocycles. The molecule has 20 heavy (non-hydrogen) atoms.